The zero-order valence-electron chi connectivity index (χ0n) is 14.0. The van der Waals surface area contributed by atoms with E-state index in [4.69, 9.17) is 15.6 Å². The molecule has 0 saturated heterocycles. The number of hydrogen-bond acceptors (Lipinski definition) is 6. The lowest BCUT2D eigenvalue weighted by Crippen LogP contribution is -2.45. The zero-order chi connectivity index (χ0) is 18.1. The van der Waals surface area contributed by atoms with Crippen molar-refractivity contribution in [3.05, 3.63) is 21.4 Å². The van der Waals surface area contributed by atoms with Crippen molar-refractivity contribution in [3.8, 4) is 0 Å². The standard InChI is InChI=1S/C16H22N2O5S/c1-16(2,3)23-12(20)5-4-11(14(17)21)18-7-9-6-10(8-19)24-13(9)15(18)22/h6,11,19H,4-5,7-8H2,1-3H3,(H2,17,21). The number of nitrogens with zero attached hydrogens (tertiary/aromatic N) is 1. The van der Waals surface area contributed by atoms with Gasteiger partial charge >= 0.3 is 5.97 Å². The quantitative estimate of drug-likeness (QED) is 0.745. The van der Waals surface area contributed by atoms with Gasteiger partial charge in [0.2, 0.25) is 5.91 Å². The summed E-state index contributed by atoms with van der Waals surface area (Å²) >= 11 is 1.21. The Hall–Kier alpha value is -1.93. The molecule has 0 aromatic carbocycles. The summed E-state index contributed by atoms with van der Waals surface area (Å²) in [6, 6.07) is 0.895. The van der Waals surface area contributed by atoms with Gasteiger partial charge in [-0.05, 0) is 38.8 Å². The van der Waals surface area contributed by atoms with Gasteiger partial charge in [0.15, 0.2) is 0 Å². The molecular formula is C16H22N2O5S. The number of nitrogens with two attached hydrogens (primary N) is 1. The Morgan fingerprint density at radius 3 is 2.62 bits per heavy atom. The number of amides is 2. The Bertz CT molecular complexity index is 662. The Morgan fingerprint density at radius 2 is 2.12 bits per heavy atom. The Kier molecular flexibility index (Phi) is 5.29. The van der Waals surface area contributed by atoms with Crippen LogP contribution < -0.4 is 5.73 Å². The van der Waals surface area contributed by atoms with Crippen LogP contribution in [0.25, 0.3) is 0 Å². The molecule has 0 aliphatic carbocycles. The average Bonchev–Trinajstić information content (AvgIpc) is 2.97. The van der Waals surface area contributed by atoms with Crippen LogP contribution in [0.2, 0.25) is 0 Å². The van der Waals surface area contributed by atoms with Gasteiger partial charge in [0.1, 0.15) is 11.6 Å². The van der Waals surface area contributed by atoms with Gasteiger partial charge in [-0.15, -0.1) is 11.3 Å². The Morgan fingerprint density at radius 1 is 1.46 bits per heavy atom. The van der Waals surface area contributed by atoms with E-state index in [1.165, 1.54) is 16.2 Å². The van der Waals surface area contributed by atoms with Crippen LogP contribution in [-0.2, 0) is 27.5 Å². The van der Waals surface area contributed by atoms with Gasteiger partial charge in [-0.2, -0.15) is 0 Å². The molecule has 2 heterocycles. The van der Waals surface area contributed by atoms with Gasteiger partial charge in [-0.1, -0.05) is 0 Å². The molecular weight excluding hydrogens is 332 g/mol. The number of esters is 1. The van der Waals surface area contributed by atoms with Crippen molar-refractivity contribution in [1.82, 2.24) is 4.90 Å². The van der Waals surface area contributed by atoms with Crippen LogP contribution in [0.4, 0.5) is 0 Å². The van der Waals surface area contributed by atoms with E-state index in [1.54, 1.807) is 26.8 Å². The molecule has 2 amide bonds. The number of thiophene rings is 1. The minimum absolute atomic E-state index is 0.00416. The number of carbonyl (C=O) groups is 3. The molecule has 1 aliphatic heterocycles. The van der Waals surface area contributed by atoms with Crippen molar-refractivity contribution in [2.75, 3.05) is 0 Å². The lowest BCUT2D eigenvalue weighted by Gasteiger charge is -2.26. The van der Waals surface area contributed by atoms with Gasteiger partial charge < -0.3 is 20.5 Å². The molecule has 1 aliphatic rings. The number of rotatable bonds is 6. The van der Waals surface area contributed by atoms with Crippen LogP contribution in [0.1, 0.15) is 53.7 Å². The highest BCUT2D eigenvalue weighted by atomic mass is 32.1. The third kappa shape index (κ3) is 4.12. The summed E-state index contributed by atoms with van der Waals surface area (Å²) in [6.07, 6.45) is 0.127. The number of ether oxygens (including phenoxy) is 1. The van der Waals surface area contributed by atoms with E-state index in [9.17, 15) is 14.4 Å². The second-order valence-electron chi connectivity index (χ2n) is 6.70. The smallest absolute Gasteiger partial charge is 0.306 e. The average molecular weight is 354 g/mol. The first-order chi connectivity index (χ1) is 11.1. The van der Waals surface area contributed by atoms with Crippen molar-refractivity contribution < 1.29 is 24.2 Å². The molecule has 0 spiro atoms. The molecule has 3 N–H and O–H groups in total. The van der Waals surface area contributed by atoms with Crippen molar-refractivity contribution >= 4 is 29.1 Å². The minimum Gasteiger partial charge on any atom is -0.460 e. The number of aliphatic hydroxyl groups excluding tert-OH is 1. The fourth-order valence-electron chi connectivity index (χ4n) is 2.60. The first kappa shape index (κ1) is 18.4. The van der Waals surface area contributed by atoms with Gasteiger partial charge in [0.25, 0.3) is 5.91 Å². The summed E-state index contributed by atoms with van der Waals surface area (Å²) in [4.78, 5) is 38.7. The first-order valence-corrected chi connectivity index (χ1v) is 8.48. The van der Waals surface area contributed by atoms with Gasteiger partial charge in [0, 0.05) is 17.8 Å². The number of primary amides is 1. The van der Waals surface area contributed by atoms with Crippen LogP contribution in [-0.4, -0.2) is 39.4 Å². The SMILES string of the molecule is CC(C)(C)OC(=O)CCC(C(N)=O)N1Cc2cc(CO)sc2C1=O. The molecule has 0 fully saturated rings. The molecule has 1 unspecified atom stereocenters. The number of hydrogen-bond donors (Lipinski definition) is 2. The van der Waals surface area contributed by atoms with E-state index >= 15 is 0 Å². The van der Waals surface area contributed by atoms with Crippen molar-refractivity contribution in [3.63, 3.8) is 0 Å². The predicted molar refractivity (Wildman–Crippen MR) is 88.2 cm³/mol. The molecule has 1 atom stereocenters. The maximum absolute atomic E-state index is 12.5. The van der Waals surface area contributed by atoms with E-state index in [2.05, 4.69) is 0 Å². The van der Waals surface area contributed by atoms with E-state index < -0.39 is 23.5 Å². The van der Waals surface area contributed by atoms with E-state index in [-0.39, 0.29) is 31.9 Å². The largest absolute Gasteiger partial charge is 0.460 e. The number of carbonyl (C=O) groups excluding carboxylic acids is 3. The molecule has 1 aromatic heterocycles. The monoisotopic (exact) mass is 354 g/mol. The van der Waals surface area contributed by atoms with Crippen molar-refractivity contribution in [1.29, 1.82) is 0 Å². The van der Waals surface area contributed by atoms with E-state index in [0.29, 0.717) is 9.75 Å². The molecule has 0 radical (unpaired) electrons. The maximum atomic E-state index is 12.5. The predicted octanol–water partition coefficient (Wildman–Crippen LogP) is 1.17. The molecule has 1 aromatic rings. The van der Waals surface area contributed by atoms with Crippen LogP contribution >= 0.6 is 11.3 Å². The van der Waals surface area contributed by atoms with Crippen LogP contribution in [0, 0.1) is 0 Å². The fourth-order valence-corrected chi connectivity index (χ4v) is 3.59. The lowest BCUT2D eigenvalue weighted by molar-refractivity contribution is -0.155. The Balaban J connectivity index is 2.04. The highest BCUT2D eigenvalue weighted by molar-refractivity contribution is 7.14. The highest BCUT2D eigenvalue weighted by Gasteiger charge is 2.37. The molecule has 7 nitrogen and oxygen atoms in total. The third-order valence-electron chi connectivity index (χ3n) is 3.56. The highest BCUT2D eigenvalue weighted by Crippen LogP contribution is 2.33. The molecule has 0 bridgehead atoms. The van der Waals surface area contributed by atoms with Crippen LogP contribution in [0.5, 0.6) is 0 Å². The summed E-state index contributed by atoms with van der Waals surface area (Å²) in [5.74, 6) is -1.37. The summed E-state index contributed by atoms with van der Waals surface area (Å²) in [5.41, 5.74) is 5.60. The van der Waals surface area contributed by atoms with Gasteiger partial charge in [0.05, 0.1) is 11.5 Å². The minimum atomic E-state index is -0.859. The summed E-state index contributed by atoms with van der Waals surface area (Å²) in [7, 11) is 0. The van der Waals surface area contributed by atoms with Crippen molar-refractivity contribution in [2.45, 2.75) is 58.4 Å². The van der Waals surface area contributed by atoms with E-state index in [0.717, 1.165) is 5.56 Å². The van der Waals surface area contributed by atoms with Gasteiger partial charge in [-0.25, -0.2) is 0 Å². The molecule has 132 valence electrons. The molecule has 24 heavy (non-hydrogen) atoms. The van der Waals surface area contributed by atoms with Crippen LogP contribution in [0.15, 0.2) is 6.07 Å². The van der Waals surface area contributed by atoms with Crippen molar-refractivity contribution in [2.24, 2.45) is 5.73 Å². The summed E-state index contributed by atoms with van der Waals surface area (Å²) < 4.78 is 5.21. The third-order valence-corrected chi connectivity index (χ3v) is 4.71. The molecule has 0 saturated carbocycles. The maximum Gasteiger partial charge on any atom is 0.306 e. The normalized spacial score (nSPS) is 15.3. The molecule has 2 rings (SSSR count). The zero-order valence-corrected chi connectivity index (χ0v) is 14.8. The second-order valence-corrected chi connectivity index (χ2v) is 7.84. The first-order valence-electron chi connectivity index (χ1n) is 7.67. The lowest BCUT2D eigenvalue weighted by atomic mass is 10.1. The summed E-state index contributed by atoms with van der Waals surface area (Å²) in [6.45, 7) is 5.42. The number of aliphatic hydroxyl groups is 1. The summed E-state index contributed by atoms with van der Waals surface area (Å²) in [5, 5.41) is 9.14. The topological polar surface area (TPSA) is 110 Å². The Labute approximate surface area is 144 Å². The van der Waals surface area contributed by atoms with Crippen LogP contribution in [0.3, 0.4) is 0 Å². The fraction of sp³-hybridized carbons (Fsp3) is 0.562. The second kappa shape index (κ2) is 6.90. The van der Waals surface area contributed by atoms with E-state index in [1.807, 2.05) is 0 Å². The van der Waals surface area contributed by atoms with Gasteiger partial charge in [-0.3, -0.25) is 14.4 Å². The number of fused-ring (bicyclic) bond motifs is 1. The molecule has 8 heteroatoms.